The molecule has 3 amide bonds. The Morgan fingerprint density at radius 2 is 1.86 bits per heavy atom. The maximum atomic E-state index is 11.8. The van der Waals surface area contributed by atoms with Crippen molar-refractivity contribution in [3.63, 3.8) is 0 Å². The van der Waals surface area contributed by atoms with Crippen LogP contribution in [0, 0.1) is 0 Å². The molecule has 0 radical (unpaired) electrons. The van der Waals surface area contributed by atoms with Crippen molar-refractivity contribution in [3.8, 4) is 11.5 Å². The Balaban J connectivity index is 2.65. The zero-order valence-electron chi connectivity index (χ0n) is 12.6. The van der Waals surface area contributed by atoms with Crippen LogP contribution < -0.4 is 25.8 Å². The van der Waals surface area contributed by atoms with Crippen molar-refractivity contribution in [2.24, 2.45) is 5.73 Å². The number of hydrogen-bond donors (Lipinski definition) is 3. The number of benzene rings is 1. The average Bonchev–Trinajstić information content (AvgIpc) is 2.47. The van der Waals surface area contributed by atoms with E-state index in [1.807, 2.05) is 0 Å². The summed E-state index contributed by atoms with van der Waals surface area (Å²) in [6, 6.07) is 4.01. The molecule has 8 heteroatoms. The van der Waals surface area contributed by atoms with Crippen molar-refractivity contribution in [1.82, 2.24) is 5.32 Å². The third kappa shape index (κ3) is 4.97. The number of hydrogen-bond acceptors (Lipinski definition) is 5. The maximum absolute atomic E-state index is 11.8. The maximum Gasteiger partial charge on any atom is 0.239 e. The fourth-order valence-corrected chi connectivity index (χ4v) is 1.61. The van der Waals surface area contributed by atoms with Crippen LogP contribution in [0.5, 0.6) is 11.5 Å². The van der Waals surface area contributed by atoms with E-state index >= 15 is 0 Å². The lowest BCUT2D eigenvalue weighted by atomic mass is 10.2. The van der Waals surface area contributed by atoms with Crippen molar-refractivity contribution < 1.29 is 23.9 Å². The lowest BCUT2D eigenvalue weighted by Crippen LogP contribution is -2.43. The molecule has 0 aliphatic rings. The second-order valence-corrected chi connectivity index (χ2v) is 4.48. The van der Waals surface area contributed by atoms with E-state index < -0.39 is 30.2 Å². The van der Waals surface area contributed by atoms with Gasteiger partial charge in [-0.15, -0.1) is 0 Å². The third-order valence-corrected chi connectivity index (χ3v) is 2.81. The SMILES string of the molecule is COc1ccc(NC(=O)CC(=O)N[C@@H](C)C(N)=O)c(OC)c1. The van der Waals surface area contributed by atoms with Gasteiger partial charge in [0.25, 0.3) is 0 Å². The van der Waals surface area contributed by atoms with Gasteiger partial charge in [-0.3, -0.25) is 14.4 Å². The Bertz CT molecular complexity index is 574. The summed E-state index contributed by atoms with van der Waals surface area (Å²) in [5.41, 5.74) is 5.43. The summed E-state index contributed by atoms with van der Waals surface area (Å²) in [4.78, 5) is 34.2. The summed E-state index contributed by atoms with van der Waals surface area (Å²) in [6.07, 6.45) is -0.438. The molecule has 22 heavy (non-hydrogen) atoms. The number of methoxy groups -OCH3 is 2. The summed E-state index contributed by atoms with van der Waals surface area (Å²) in [5, 5.41) is 4.87. The number of amides is 3. The van der Waals surface area contributed by atoms with Gasteiger partial charge in [-0.2, -0.15) is 0 Å². The van der Waals surface area contributed by atoms with E-state index in [2.05, 4.69) is 10.6 Å². The molecule has 0 fully saturated rings. The van der Waals surface area contributed by atoms with Crippen LogP contribution in [0.3, 0.4) is 0 Å². The minimum absolute atomic E-state index is 0.401. The van der Waals surface area contributed by atoms with Crippen molar-refractivity contribution in [2.45, 2.75) is 19.4 Å². The van der Waals surface area contributed by atoms with Crippen LogP contribution in [0.1, 0.15) is 13.3 Å². The number of rotatable bonds is 7. The van der Waals surface area contributed by atoms with Crippen molar-refractivity contribution in [2.75, 3.05) is 19.5 Å². The van der Waals surface area contributed by atoms with Crippen LogP contribution in [0.4, 0.5) is 5.69 Å². The van der Waals surface area contributed by atoms with E-state index in [9.17, 15) is 14.4 Å². The molecule has 120 valence electrons. The first-order valence-electron chi connectivity index (χ1n) is 6.48. The van der Waals surface area contributed by atoms with Gasteiger partial charge >= 0.3 is 0 Å². The smallest absolute Gasteiger partial charge is 0.239 e. The number of ether oxygens (including phenoxy) is 2. The average molecular weight is 309 g/mol. The largest absolute Gasteiger partial charge is 0.497 e. The lowest BCUT2D eigenvalue weighted by Gasteiger charge is -2.12. The predicted octanol–water partition coefficient (Wildman–Crippen LogP) is 0.0224. The normalized spacial score (nSPS) is 11.2. The van der Waals surface area contributed by atoms with Crippen LogP contribution >= 0.6 is 0 Å². The standard InChI is InChI=1S/C14H19N3O5/c1-8(14(15)20)16-12(18)7-13(19)17-10-5-4-9(21-2)6-11(10)22-3/h4-6,8H,7H2,1-3H3,(H2,15,20)(H,16,18)(H,17,19)/t8-/m0/s1. The van der Waals surface area contributed by atoms with Crippen molar-refractivity contribution >= 4 is 23.4 Å². The number of nitrogens with one attached hydrogen (secondary N) is 2. The molecule has 0 bridgehead atoms. The highest BCUT2D eigenvalue weighted by Crippen LogP contribution is 2.28. The molecule has 0 aliphatic heterocycles. The zero-order valence-corrected chi connectivity index (χ0v) is 12.6. The molecule has 4 N–H and O–H groups in total. The van der Waals surface area contributed by atoms with Crippen molar-refractivity contribution in [1.29, 1.82) is 0 Å². The third-order valence-electron chi connectivity index (χ3n) is 2.81. The Morgan fingerprint density at radius 3 is 2.41 bits per heavy atom. The summed E-state index contributed by atoms with van der Waals surface area (Å²) >= 11 is 0. The first-order valence-corrected chi connectivity index (χ1v) is 6.48. The monoisotopic (exact) mass is 309 g/mol. The first-order chi connectivity index (χ1) is 10.4. The highest BCUT2D eigenvalue weighted by molar-refractivity contribution is 6.05. The highest BCUT2D eigenvalue weighted by atomic mass is 16.5. The summed E-state index contributed by atoms with van der Waals surface area (Å²) in [5.74, 6) is -0.846. The molecule has 0 saturated carbocycles. The molecule has 1 aromatic rings. The Kier molecular flexibility index (Phi) is 6.18. The van der Waals surface area contributed by atoms with Gasteiger partial charge in [0.15, 0.2) is 0 Å². The molecule has 0 spiro atoms. The minimum Gasteiger partial charge on any atom is -0.497 e. The van der Waals surface area contributed by atoms with Gasteiger partial charge in [0.1, 0.15) is 24.0 Å². The number of nitrogens with two attached hydrogens (primary N) is 1. The molecule has 0 heterocycles. The molecule has 0 saturated heterocycles. The van der Waals surface area contributed by atoms with Gasteiger partial charge in [0.05, 0.1) is 19.9 Å². The highest BCUT2D eigenvalue weighted by Gasteiger charge is 2.16. The fourth-order valence-electron chi connectivity index (χ4n) is 1.61. The quantitative estimate of drug-likeness (QED) is 0.613. The minimum atomic E-state index is -0.837. The number of carbonyl (C=O) groups is 3. The summed E-state index contributed by atoms with van der Waals surface area (Å²) in [6.45, 7) is 1.44. The molecule has 8 nitrogen and oxygen atoms in total. The van der Waals surface area contributed by atoms with Gasteiger partial charge in [-0.25, -0.2) is 0 Å². The van der Waals surface area contributed by atoms with E-state index in [4.69, 9.17) is 15.2 Å². The lowest BCUT2D eigenvalue weighted by molar-refractivity contribution is -0.130. The number of anilines is 1. The van der Waals surface area contributed by atoms with Gasteiger partial charge < -0.3 is 25.8 Å². The van der Waals surface area contributed by atoms with Gasteiger partial charge in [-0.1, -0.05) is 0 Å². The van der Waals surface area contributed by atoms with E-state index in [0.717, 1.165) is 0 Å². The fraction of sp³-hybridized carbons (Fsp3) is 0.357. The molecular weight excluding hydrogens is 290 g/mol. The van der Waals surface area contributed by atoms with Crippen LogP contribution in [0.25, 0.3) is 0 Å². The molecule has 1 aromatic carbocycles. The summed E-state index contributed by atoms with van der Waals surface area (Å²) in [7, 11) is 2.96. The van der Waals surface area contributed by atoms with E-state index in [1.165, 1.54) is 21.1 Å². The summed E-state index contributed by atoms with van der Waals surface area (Å²) < 4.78 is 10.2. The molecule has 1 rings (SSSR count). The molecular formula is C14H19N3O5. The topological polar surface area (TPSA) is 120 Å². The van der Waals surface area contributed by atoms with Crippen LogP contribution in [0.2, 0.25) is 0 Å². The van der Waals surface area contributed by atoms with Gasteiger partial charge in [0.2, 0.25) is 17.7 Å². The second-order valence-electron chi connectivity index (χ2n) is 4.48. The van der Waals surface area contributed by atoms with Crippen LogP contribution in [-0.4, -0.2) is 38.0 Å². The second kappa shape index (κ2) is 7.87. The van der Waals surface area contributed by atoms with E-state index in [0.29, 0.717) is 17.2 Å². The number of primary amides is 1. The molecule has 0 unspecified atom stereocenters. The Morgan fingerprint density at radius 1 is 1.18 bits per heavy atom. The molecule has 0 aliphatic carbocycles. The Hall–Kier alpha value is -2.77. The van der Waals surface area contributed by atoms with Gasteiger partial charge in [-0.05, 0) is 19.1 Å². The first kappa shape index (κ1) is 17.3. The number of carbonyl (C=O) groups excluding carboxylic acids is 3. The van der Waals surface area contributed by atoms with Crippen molar-refractivity contribution in [3.05, 3.63) is 18.2 Å². The predicted molar refractivity (Wildman–Crippen MR) is 79.6 cm³/mol. The van der Waals surface area contributed by atoms with Crippen LogP contribution in [-0.2, 0) is 14.4 Å². The zero-order chi connectivity index (χ0) is 16.7. The van der Waals surface area contributed by atoms with E-state index in [1.54, 1.807) is 18.2 Å². The van der Waals surface area contributed by atoms with Gasteiger partial charge in [0, 0.05) is 6.07 Å². The Labute approximate surface area is 128 Å². The van der Waals surface area contributed by atoms with Crippen LogP contribution in [0.15, 0.2) is 18.2 Å². The van der Waals surface area contributed by atoms with E-state index in [-0.39, 0.29) is 0 Å². The molecule has 1 atom stereocenters. The molecule has 0 aromatic heterocycles.